The van der Waals surface area contributed by atoms with Crippen LogP contribution in [0.3, 0.4) is 0 Å². The Morgan fingerprint density at radius 1 is 1.56 bits per heavy atom. The fourth-order valence-electron chi connectivity index (χ4n) is 1.47. The van der Waals surface area contributed by atoms with E-state index < -0.39 is 5.54 Å². The molecule has 0 saturated carbocycles. The summed E-state index contributed by atoms with van der Waals surface area (Å²) in [7, 11) is 0. The van der Waals surface area contributed by atoms with E-state index in [4.69, 9.17) is 0 Å². The molecule has 0 spiro atoms. The minimum Gasteiger partial charge on any atom is -0.394 e. The molecule has 0 bridgehead atoms. The van der Waals surface area contributed by atoms with E-state index in [2.05, 4.69) is 10.3 Å². The molecule has 1 aromatic heterocycles. The molecule has 1 rings (SSSR count). The molecule has 1 amide bonds. The number of hydrogen-bond acceptors (Lipinski definition) is 3. The zero-order chi connectivity index (χ0) is 12.0. The summed E-state index contributed by atoms with van der Waals surface area (Å²) < 4.78 is 0. The fraction of sp³-hybridized carbons (Fsp3) is 0.500. The van der Waals surface area contributed by atoms with Gasteiger partial charge in [-0.25, -0.2) is 0 Å². The van der Waals surface area contributed by atoms with Crippen LogP contribution in [0, 0.1) is 0 Å². The molecule has 1 heterocycles. The number of amides is 1. The molecular formula is C12H18N2O2. The number of aromatic nitrogens is 1. The fourth-order valence-corrected chi connectivity index (χ4v) is 1.47. The van der Waals surface area contributed by atoms with Crippen LogP contribution in [0.1, 0.15) is 32.4 Å². The molecule has 1 aromatic rings. The van der Waals surface area contributed by atoms with Crippen molar-refractivity contribution in [2.45, 2.75) is 32.2 Å². The molecule has 4 heteroatoms. The van der Waals surface area contributed by atoms with Crippen molar-refractivity contribution in [1.29, 1.82) is 0 Å². The molecule has 4 nitrogen and oxygen atoms in total. The van der Waals surface area contributed by atoms with Gasteiger partial charge in [0.2, 0.25) is 5.91 Å². The van der Waals surface area contributed by atoms with Crippen LogP contribution in [-0.4, -0.2) is 22.6 Å². The lowest BCUT2D eigenvalue weighted by molar-refractivity contribution is -0.123. The lowest BCUT2D eigenvalue weighted by atomic mass is 9.98. The quantitative estimate of drug-likeness (QED) is 0.787. The highest BCUT2D eigenvalue weighted by atomic mass is 16.3. The third-order valence-corrected chi connectivity index (χ3v) is 2.44. The Kier molecular flexibility index (Phi) is 4.43. The highest BCUT2D eigenvalue weighted by Gasteiger charge is 2.28. The number of hydrogen-bond donors (Lipinski definition) is 2. The summed E-state index contributed by atoms with van der Waals surface area (Å²) in [6.07, 6.45) is 2.90. The van der Waals surface area contributed by atoms with Crippen molar-refractivity contribution in [2.75, 3.05) is 6.61 Å². The second kappa shape index (κ2) is 5.61. The van der Waals surface area contributed by atoms with Crippen LogP contribution in [0.15, 0.2) is 24.4 Å². The number of aliphatic hydroxyl groups is 1. The van der Waals surface area contributed by atoms with Crippen molar-refractivity contribution in [1.82, 2.24) is 10.3 Å². The van der Waals surface area contributed by atoms with Crippen LogP contribution in [0.25, 0.3) is 0 Å². The standard InChI is InChI=1S/C12H18N2O2/c1-3-6-11(16)14-12(2,9-15)10-7-4-5-8-13-10/h4-5,7-8,15H,3,6,9H2,1-2H3,(H,14,16). The van der Waals surface area contributed by atoms with Crippen molar-refractivity contribution in [3.63, 3.8) is 0 Å². The minimum atomic E-state index is -0.798. The van der Waals surface area contributed by atoms with Crippen LogP contribution in [-0.2, 0) is 10.3 Å². The molecule has 0 radical (unpaired) electrons. The Hall–Kier alpha value is -1.42. The summed E-state index contributed by atoms with van der Waals surface area (Å²) in [5.74, 6) is -0.0651. The Morgan fingerprint density at radius 2 is 2.31 bits per heavy atom. The van der Waals surface area contributed by atoms with Gasteiger partial charge in [-0.15, -0.1) is 0 Å². The van der Waals surface area contributed by atoms with Gasteiger partial charge in [0.15, 0.2) is 0 Å². The van der Waals surface area contributed by atoms with Crippen molar-refractivity contribution in [3.05, 3.63) is 30.1 Å². The molecule has 0 saturated heterocycles. The normalized spacial score (nSPS) is 14.2. The lowest BCUT2D eigenvalue weighted by Crippen LogP contribution is -2.46. The van der Waals surface area contributed by atoms with Gasteiger partial charge in [-0.3, -0.25) is 9.78 Å². The van der Waals surface area contributed by atoms with E-state index in [1.807, 2.05) is 13.0 Å². The average molecular weight is 222 g/mol. The smallest absolute Gasteiger partial charge is 0.220 e. The number of nitrogens with zero attached hydrogens (tertiary/aromatic N) is 1. The Balaban J connectivity index is 2.82. The highest BCUT2D eigenvalue weighted by molar-refractivity contribution is 5.76. The molecule has 0 aliphatic carbocycles. The summed E-state index contributed by atoms with van der Waals surface area (Å²) in [5.41, 5.74) is -0.130. The number of nitrogens with one attached hydrogen (secondary N) is 1. The third-order valence-electron chi connectivity index (χ3n) is 2.44. The molecule has 0 aliphatic rings. The monoisotopic (exact) mass is 222 g/mol. The summed E-state index contributed by atoms with van der Waals surface area (Å²) >= 11 is 0. The maximum Gasteiger partial charge on any atom is 0.220 e. The molecule has 0 aliphatic heterocycles. The number of rotatable bonds is 5. The Labute approximate surface area is 95.7 Å². The zero-order valence-electron chi connectivity index (χ0n) is 9.73. The summed E-state index contributed by atoms with van der Waals surface area (Å²) in [4.78, 5) is 15.7. The Bertz CT molecular complexity index is 340. The van der Waals surface area contributed by atoms with Gasteiger partial charge in [0.05, 0.1) is 12.3 Å². The maximum absolute atomic E-state index is 11.5. The second-order valence-electron chi connectivity index (χ2n) is 4.00. The van der Waals surface area contributed by atoms with Crippen molar-refractivity contribution < 1.29 is 9.90 Å². The van der Waals surface area contributed by atoms with Crippen molar-refractivity contribution in [2.24, 2.45) is 0 Å². The molecular weight excluding hydrogens is 204 g/mol. The summed E-state index contributed by atoms with van der Waals surface area (Å²) in [6.45, 7) is 3.54. The van der Waals surface area contributed by atoms with Gasteiger partial charge in [0.25, 0.3) is 0 Å². The van der Waals surface area contributed by atoms with Crippen LogP contribution in [0.5, 0.6) is 0 Å². The minimum absolute atomic E-state index is 0.0651. The van der Waals surface area contributed by atoms with Gasteiger partial charge >= 0.3 is 0 Å². The van der Waals surface area contributed by atoms with Crippen LogP contribution in [0.4, 0.5) is 0 Å². The number of carbonyl (C=O) groups is 1. The van der Waals surface area contributed by atoms with E-state index in [0.717, 1.165) is 6.42 Å². The molecule has 16 heavy (non-hydrogen) atoms. The SMILES string of the molecule is CCCC(=O)NC(C)(CO)c1ccccn1. The molecule has 0 aromatic carbocycles. The number of carbonyl (C=O) groups excluding carboxylic acids is 1. The van der Waals surface area contributed by atoms with E-state index in [0.29, 0.717) is 12.1 Å². The van der Waals surface area contributed by atoms with Crippen LogP contribution >= 0.6 is 0 Å². The third kappa shape index (κ3) is 3.03. The first-order valence-corrected chi connectivity index (χ1v) is 5.46. The highest BCUT2D eigenvalue weighted by Crippen LogP contribution is 2.17. The molecule has 0 fully saturated rings. The largest absolute Gasteiger partial charge is 0.394 e. The first kappa shape index (κ1) is 12.6. The van der Waals surface area contributed by atoms with E-state index in [1.165, 1.54) is 0 Å². The second-order valence-corrected chi connectivity index (χ2v) is 4.00. The zero-order valence-corrected chi connectivity index (χ0v) is 9.73. The number of pyridine rings is 1. The average Bonchev–Trinajstić information content (AvgIpc) is 2.30. The topological polar surface area (TPSA) is 62.2 Å². The van der Waals surface area contributed by atoms with Gasteiger partial charge in [-0.2, -0.15) is 0 Å². The maximum atomic E-state index is 11.5. The van der Waals surface area contributed by atoms with Crippen LogP contribution in [0.2, 0.25) is 0 Å². The van der Waals surface area contributed by atoms with E-state index >= 15 is 0 Å². The van der Waals surface area contributed by atoms with E-state index in [1.54, 1.807) is 25.3 Å². The number of aliphatic hydroxyl groups excluding tert-OH is 1. The molecule has 1 unspecified atom stereocenters. The van der Waals surface area contributed by atoms with Gasteiger partial charge in [-0.05, 0) is 25.5 Å². The van der Waals surface area contributed by atoms with E-state index in [-0.39, 0.29) is 12.5 Å². The van der Waals surface area contributed by atoms with Gasteiger partial charge in [-0.1, -0.05) is 13.0 Å². The summed E-state index contributed by atoms with van der Waals surface area (Å²) in [5, 5.41) is 12.2. The Morgan fingerprint density at radius 3 is 2.81 bits per heavy atom. The molecule has 1 atom stereocenters. The van der Waals surface area contributed by atoms with Gasteiger partial charge < -0.3 is 10.4 Å². The van der Waals surface area contributed by atoms with Crippen LogP contribution < -0.4 is 5.32 Å². The van der Waals surface area contributed by atoms with Gasteiger partial charge in [0, 0.05) is 12.6 Å². The summed E-state index contributed by atoms with van der Waals surface area (Å²) in [6, 6.07) is 5.43. The van der Waals surface area contributed by atoms with Crippen molar-refractivity contribution >= 4 is 5.91 Å². The predicted octanol–water partition coefficient (Wildman–Crippen LogP) is 1.21. The molecule has 2 N–H and O–H groups in total. The first-order valence-electron chi connectivity index (χ1n) is 5.46. The van der Waals surface area contributed by atoms with Crippen molar-refractivity contribution in [3.8, 4) is 0 Å². The predicted molar refractivity (Wildman–Crippen MR) is 61.7 cm³/mol. The first-order chi connectivity index (χ1) is 7.62. The van der Waals surface area contributed by atoms with Gasteiger partial charge in [0.1, 0.15) is 5.54 Å². The van der Waals surface area contributed by atoms with E-state index in [9.17, 15) is 9.90 Å². The molecule has 88 valence electrons. The lowest BCUT2D eigenvalue weighted by Gasteiger charge is -2.28.